The molecule has 0 radical (unpaired) electrons. The quantitative estimate of drug-likeness (QED) is 0.875. The number of aromatic nitrogens is 3. The Labute approximate surface area is 133 Å². The van der Waals surface area contributed by atoms with Crippen molar-refractivity contribution in [2.24, 2.45) is 13.0 Å². The van der Waals surface area contributed by atoms with Crippen LogP contribution in [0.1, 0.15) is 35.9 Å². The highest BCUT2D eigenvalue weighted by molar-refractivity contribution is 7.09. The number of nitrogens with one attached hydrogen (secondary N) is 2. The first-order valence-corrected chi connectivity index (χ1v) is 8.46. The minimum Gasteiger partial charge on any atom is -0.347 e. The van der Waals surface area contributed by atoms with Crippen molar-refractivity contribution in [1.82, 2.24) is 25.4 Å². The molecular weight excluding hydrogens is 298 g/mol. The number of carbonyl (C=O) groups excluding carboxylic acids is 1. The summed E-state index contributed by atoms with van der Waals surface area (Å²) in [5, 5.41) is 13.6. The lowest BCUT2D eigenvalue weighted by atomic mass is 9.90. The molecule has 2 aromatic rings. The molecule has 0 spiro atoms. The van der Waals surface area contributed by atoms with Gasteiger partial charge in [-0.25, -0.2) is 4.98 Å². The van der Waals surface area contributed by atoms with E-state index in [1.165, 1.54) is 0 Å². The summed E-state index contributed by atoms with van der Waals surface area (Å²) in [5.74, 6) is 0.224. The minimum absolute atomic E-state index is 0.00245. The normalized spacial score (nSPS) is 22.6. The number of hydrogen-bond acceptors (Lipinski definition) is 5. The molecule has 1 unspecified atom stereocenters. The van der Waals surface area contributed by atoms with Crippen molar-refractivity contribution >= 4 is 17.2 Å². The molecule has 22 heavy (non-hydrogen) atoms. The lowest BCUT2D eigenvalue weighted by Gasteiger charge is -2.21. The summed E-state index contributed by atoms with van der Waals surface area (Å²) >= 11 is 1.59. The van der Waals surface area contributed by atoms with Gasteiger partial charge in [-0.15, -0.1) is 11.3 Å². The molecule has 0 bridgehead atoms. The van der Waals surface area contributed by atoms with Gasteiger partial charge < -0.3 is 10.6 Å². The molecule has 1 aliphatic rings. The smallest absolute Gasteiger partial charge is 0.225 e. The molecule has 7 heteroatoms. The fourth-order valence-corrected chi connectivity index (χ4v) is 3.73. The molecule has 118 valence electrons. The summed E-state index contributed by atoms with van der Waals surface area (Å²) in [7, 11) is 1.90. The van der Waals surface area contributed by atoms with E-state index in [-0.39, 0.29) is 23.8 Å². The third-order valence-corrected chi connectivity index (χ3v) is 5.07. The van der Waals surface area contributed by atoms with E-state index in [0.717, 1.165) is 23.5 Å². The minimum atomic E-state index is -0.0572. The van der Waals surface area contributed by atoms with E-state index in [4.69, 9.17) is 0 Å². The van der Waals surface area contributed by atoms with Crippen LogP contribution >= 0.6 is 11.3 Å². The Hall–Kier alpha value is -1.73. The summed E-state index contributed by atoms with van der Waals surface area (Å²) in [6.07, 6.45) is 6.48. The molecule has 1 aliphatic heterocycles. The largest absolute Gasteiger partial charge is 0.347 e. The molecule has 3 atom stereocenters. The van der Waals surface area contributed by atoms with Crippen LogP contribution in [0.5, 0.6) is 0 Å². The van der Waals surface area contributed by atoms with Gasteiger partial charge in [-0.2, -0.15) is 5.10 Å². The van der Waals surface area contributed by atoms with Gasteiger partial charge in [0.1, 0.15) is 5.01 Å². The Morgan fingerprint density at radius 2 is 2.45 bits per heavy atom. The van der Waals surface area contributed by atoms with E-state index in [9.17, 15) is 4.79 Å². The number of aryl methyl sites for hydroxylation is 1. The van der Waals surface area contributed by atoms with Crippen molar-refractivity contribution in [3.63, 3.8) is 0 Å². The highest BCUT2D eigenvalue weighted by atomic mass is 32.1. The van der Waals surface area contributed by atoms with E-state index in [1.807, 2.05) is 24.8 Å². The predicted octanol–water partition coefficient (Wildman–Crippen LogP) is 1.45. The van der Waals surface area contributed by atoms with Crippen molar-refractivity contribution in [3.05, 3.63) is 34.5 Å². The molecule has 2 aromatic heterocycles. The third kappa shape index (κ3) is 3.05. The molecule has 3 rings (SSSR count). The standard InChI is InChI=1S/C15H21N5OS/c1-3-13(15-17-4-5-22-15)19-14(21)12-8-16-7-11(12)10-6-18-20(2)9-10/h4-6,9,11-13,16H,3,7-8H2,1-2H3,(H,19,21)/t11-,12+,13?/m1/s1. The van der Waals surface area contributed by atoms with Crippen LogP contribution in [0.3, 0.4) is 0 Å². The van der Waals surface area contributed by atoms with E-state index in [1.54, 1.807) is 22.2 Å². The lowest BCUT2D eigenvalue weighted by molar-refractivity contribution is -0.125. The van der Waals surface area contributed by atoms with Gasteiger partial charge in [0.2, 0.25) is 5.91 Å². The molecule has 0 aromatic carbocycles. The van der Waals surface area contributed by atoms with Gasteiger partial charge in [-0.1, -0.05) is 6.92 Å². The van der Waals surface area contributed by atoms with Crippen molar-refractivity contribution < 1.29 is 4.79 Å². The molecule has 6 nitrogen and oxygen atoms in total. The Morgan fingerprint density at radius 1 is 1.59 bits per heavy atom. The number of thiazole rings is 1. The Morgan fingerprint density at radius 3 is 3.09 bits per heavy atom. The average molecular weight is 319 g/mol. The van der Waals surface area contributed by atoms with Crippen LogP contribution in [0.2, 0.25) is 0 Å². The summed E-state index contributed by atoms with van der Waals surface area (Å²) < 4.78 is 1.78. The highest BCUT2D eigenvalue weighted by Gasteiger charge is 2.35. The topological polar surface area (TPSA) is 71.8 Å². The van der Waals surface area contributed by atoms with E-state index in [0.29, 0.717) is 6.54 Å². The van der Waals surface area contributed by atoms with Crippen molar-refractivity contribution in [1.29, 1.82) is 0 Å². The summed E-state index contributed by atoms with van der Waals surface area (Å²) in [4.78, 5) is 17.0. The van der Waals surface area contributed by atoms with Crippen LogP contribution in [-0.4, -0.2) is 33.8 Å². The van der Waals surface area contributed by atoms with E-state index in [2.05, 4.69) is 27.6 Å². The van der Waals surface area contributed by atoms with Gasteiger partial charge in [0.05, 0.1) is 18.2 Å². The molecule has 0 saturated carbocycles. The first-order chi connectivity index (χ1) is 10.7. The monoisotopic (exact) mass is 319 g/mol. The maximum Gasteiger partial charge on any atom is 0.225 e. The van der Waals surface area contributed by atoms with Gasteiger partial charge in [0.15, 0.2) is 0 Å². The van der Waals surface area contributed by atoms with Crippen LogP contribution < -0.4 is 10.6 Å². The van der Waals surface area contributed by atoms with Crippen molar-refractivity contribution in [3.8, 4) is 0 Å². The lowest BCUT2D eigenvalue weighted by Crippen LogP contribution is -2.36. The van der Waals surface area contributed by atoms with Gasteiger partial charge in [0, 0.05) is 43.8 Å². The van der Waals surface area contributed by atoms with Crippen LogP contribution in [0, 0.1) is 5.92 Å². The number of nitrogens with zero attached hydrogens (tertiary/aromatic N) is 3. The zero-order chi connectivity index (χ0) is 15.5. The van der Waals surface area contributed by atoms with E-state index >= 15 is 0 Å². The molecule has 0 aliphatic carbocycles. The molecule has 2 N–H and O–H groups in total. The second kappa shape index (κ2) is 6.58. The van der Waals surface area contributed by atoms with Crippen molar-refractivity contribution in [2.45, 2.75) is 25.3 Å². The fraction of sp³-hybridized carbons (Fsp3) is 0.533. The van der Waals surface area contributed by atoms with Gasteiger partial charge >= 0.3 is 0 Å². The average Bonchev–Trinajstić information content (AvgIpc) is 3.24. The zero-order valence-electron chi connectivity index (χ0n) is 12.8. The molecule has 1 saturated heterocycles. The summed E-state index contributed by atoms with van der Waals surface area (Å²) in [6.45, 7) is 3.59. The Kier molecular flexibility index (Phi) is 4.54. The first kappa shape index (κ1) is 15.2. The fourth-order valence-electron chi connectivity index (χ4n) is 2.96. The summed E-state index contributed by atoms with van der Waals surface area (Å²) in [5.41, 5.74) is 1.12. The van der Waals surface area contributed by atoms with E-state index < -0.39 is 0 Å². The Bertz CT molecular complexity index is 624. The van der Waals surface area contributed by atoms with Crippen LogP contribution in [0.4, 0.5) is 0 Å². The Balaban J connectivity index is 1.70. The molecular formula is C15H21N5OS. The first-order valence-electron chi connectivity index (χ1n) is 7.58. The number of rotatable bonds is 5. The van der Waals surface area contributed by atoms with Crippen molar-refractivity contribution in [2.75, 3.05) is 13.1 Å². The zero-order valence-corrected chi connectivity index (χ0v) is 13.6. The molecule has 1 amide bonds. The maximum absolute atomic E-state index is 12.7. The van der Waals surface area contributed by atoms with Gasteiger partial charge in [-0.05, 0) is 12.0 Å². The third-order valence-electron chi connectivity index (χ3n) is 4.18. The number of carbonyl (C=O) groups is 1. The van der Waals surface area contributed by atoms with Crippen LogP contribution in [0.25, 0.3) is 0 Å². The highest BCUT2D eigenvalue weighted by Crippen LogP contribution is 2.29. The maximum atomic E-state index is 12.7. The predicted molar refractivity (Wildman–Crippen MR) is 85.6 cm³/mol. The van der Waals surface area contributed by atoms with Gasteiger partial charge in [0.25, 0.3) is 0 Å². The second-order valence-corrected chi connectivity index (χ2v) is 6.58. The SMILES string of the molecule is CCC(NC(=O)[C@H]1CNC[C@@H]1c1cnn(C)c1)c1nccs1. The number of amides is 1. The summed E-state index contributed by atoms with van der Waals surface area (Å²) in [6, 6.07) is 0.00245. The number of hydrogen-bond donors (Lipinski definition) is 2. The molecule has 1 fully saturated rings. The van der Waals surface area contributed by atoms with Gasteiger partial charge in [-0.3, -0.25) is 9.48 Å². The van der Waals surface area contributed by atoms with Crippen LogP contribution in [0.15, 0.2) is 24.0 Å². The van der Waals surface area contributed by atoms with Crippen LogP contribution in [-0.2, 0) is 11.8 Å². The molecule has 3 heterocycles. The second-order valence-electron chi connectivity index (χ2n) is 5.66.